The van der Waals surface area contributed by atoms with Crippen molar-refractivity contribution in [1.82, 2.24) is 5.32 Å². The van der Waals surface area contributed by atoms with Gasteiger partial charge in [0.25, 0.3) is 0 Å². The number of rotatable bonds is 5. The van der Waals surface area contributed by atoms with Gasteiger partial charge >= 0.3 is 11.8 Å². The number of aryl methyl sites for hydroxylation is 1. The molecule has 0 aliphatic rings. The molecule has 0 heterocycles. The molecule has 0 aliphatic heterocycles. The van der Waals surface area contributed by atoms with Gasteiger partial charge in [0.15, 0.2) is 0 Å². The molecule has 0 saturated heterocycles. The van der Waals surface area contributed by atoms with Crippen molar-refractivity contribution in [3.8, 4) is 6.07 Å². The predicted molar refractivity (Wildman–Crippen MR) is 87.6 cm³/mol. The first-order chi connectivity index (χ1) is 11.2. The minimum atomic E-state index is -0.714. The van der Waals surface area contributed by atoms with Crippen LogP contribution in [0.25, 0.3) is 0 Å². The molecule has 5 nitrogen and oxygen atoms in total. The molecule has 0 saturated carbocycles. The monoisotopic (exact) mass is 307 g/mol. The number of amides is 2. The zero-order valence-corrected chi connectivity index (χ0v) is 12.6. The molecule has 0 aliphatic carbocycles. The molecule has 0 aromatic heterocycles. The van der Waals surface area contributed by atoms with Gasteiger partial charge in [0.05, 0.1) is 11.6 Å². The van der Waals surface area contributed by atoms with Gasteiger partial charge in [0.2, 0.25) is 0 Å². The van der Waals surface area contributed by atoms with Crippen molar-refractivity contribution in [3.05, 3.63) is 65.7 Å². The molecule has 116 valence electrons. The molecule has 2 rings (SSSR count). The third kappa shape index (κ3) is 5.29. The summed E-state index contributed by atoms with van der Waals surface area (Å²) < 4.78 is 0. The van der Waals surface area contributed by atoms with Crippen LogP contribution in [0.5, 0.6) is 0 Å². The average molecular weight is 307 g/mol. The second kappa shape index (κ2) is 8.35. The Balaban J connectivity index is 1.72. The van der Waals surface area contributed by atoms with Crippen LogP contribution in [-0.2, 0) is 16.0 Å². The number of hydrogen-bond acceptors (Lipinski definition) is 3. The molecule has 0 spiro atoms. The molecule has 2 N–H and O–H groups in total. The highest BCUT2D eigenvalue weighted by Crippen LogP contribution is 2.08. The fraction of sp³-hybridized carbons (Fsp3) is 0.167. The van der Waals surface area contributed by atoms with Gasteiger partial charge in [0.1, 0.15) is 0 Å². The predicted octanol–water partition coefficient (Wildman–Crippen LogP) is 2.25. The van der Waals surface area contributed by atoms with E-state index in [1.807, 2.05) is 36.4 Å². The van der Waals surface area contributed by atoms with Crippen molar-refractivity contribution in [3.63, 3.8) is 0 Å². The molecule has 0 fully saturated rings. The van der Waals surface area contributed by atoms with Crippen LogP contribution in [0.2, 0.25) is 0 Å². The van der Waals surface area contributed by atoms with E-state index in [0.29, 0.717) is 17.8 Å². The lowest BCUT2D eigenvalue weighted by Crippen LogP contribution is -2.36. The maximum Gasteiger partial charge on any atom is 0.313 e. The van der Waals surface area contributed by atoms with Crippen LogP contribution in [0.1, 0.15) is 17.5 Å². The van der Waals surface area contributed by atoms with E-state index in [1.54, 1.807) is 24.3 Å². The Morgan fingerprint density at radius 3 is 2.30 bits per heavy atom. The fourth-order valence-corrected chi connectivity index (χ4v) is 2.04. The Bertz CT molecular complexity index is 703. The van der Waals surface area contributed by atoms with Crippen molar-refractivity contribution >= 4 is 17.5 Å². The summed E-state index contributed by atoms with van der Waals surface area (Å²) in [7, 11) is 0. The zero-order valence-electron chi connectivity index (χ0n) is 12.6. The van der Waals surface area contributed by atoms with Gasteiger partial charge in [-0.25, -0.2) is 0 Å². The van der Waals surface area contributed by atoms with E-state index < -0.39 is 11.8 Å². The third-order valence-corrected chi connectivity index (χ3v) is 3.25. The number of nitrogens with zero attached hydrogens (tertiary/aromatic N) is 1. The summed E-state index contributed by atoms with van der Waals surface area (Å²) in [5.74, 6) is -1.38. The van der Waals surface area contributed by atoms with Crippen molar-refractivity contribution < 1.29 is 9.59 Å². The van der Waals surface area contributed by atoms with Gasteiger partial charge in [0, 0.05) is 12.2 Å². The summed E-state index contributed by atoms with van der Waals surface area (Å²) in [6.45, 7) is 0.439. The molecule has 2 aromatic rings. The topological polar surface area (TPSA) is 82.0 Å². The standard InChI is InChI=1S/C18H17N3O2/c19-13-15-8-10-16(11-9-15)21-18(23)17(22)20-12-4-7-14-5-2-1-3-6-14/h1-3,5-6,8-11H,4,7,12H2,(H,20,22)(H,21,23). The van der Waals surface area contributed by atoms with E-state index >= 15 is 0 Å². The van der Waals surface area contributed by atoms with Crippen LogP contribution in [0, 0.1) is 11.3 Å². The average Bonchev–Trinajstić information content (AvgIpc) is 2.60. The van der Waals surface area contributed by atoms with E-state index in [9.17, 15) is 9.59 Å². The number of hydrogen-bond donors (Lipinski definition) is 2. The van der Waals surface area contributed by atoms with Crippen LogP contribution in [0.3, 0.4) is 0 Å². The summed E-state index contributed by atoms with van der Waals surface area (Å²) in [4.78, 5) is 23.4. The Morgan fingerprint density at radius 1 is 0.957 bits per heavy atom. The van der Waals surface area contributed by atoms with Crippen molar-refractivity contribution in [2.24, 2.45) is 0 Å². The van der Waals surface area contributed by atoms with E-state index in [-0.39, 0.29) is 0 Å². The summed E-state index contributed by atoms with van der Waals surface area (Å²) in [6.07, 6.45) is 1.61. The normalized spacial score (nSPS) is 9.70. The largest absolute Gasteiger partial charge is 0.348 e. The van der Waals surface area contributed by atoms with Gasteiger partial charge in [-0.15, -0.1) is 0 Å². The van der Waals surface area contributed by atoms with Crippen LogP contribution >= 0.6 is 0 Å². The highest BCUT2D eigenvalue weighted by molar-refractivity contribution is 6.39. The maximum absolute atomic E-state index is 11.7. The molecule has 2 aromatic carbocycles. The highest BCUT2D eigenvalue weighted by Gasteiger charge is 2.12. The Morgan fingerprint density at radius 2 is 1.65 bits per heavy atom. The molecule has 0 atom stereocenters. The summed E-state index contributed by atoms with van der Waals surface area (Å²) in [6, 6.07) is 18.3. The van der Waals surface area contributed by atoms with E-state index in [4.69, 9.17) is 5.26 Å². The number of nitriles is 1. The lowest BCUT2D eigenvalue weighted by Gasteiger charge is -2.06. The van der Waals surface area contributed by atoms with Crippen LogP contribution in [0.15, 0.2) is 54.6 Å². The first-order valence-corrected chi connectivity index (χ1v) is 7.32. The Labute approximate surface area is 134 Å². The molecule has 23 heavy (non-hydrogen) atoms. The summed E-state index contributed by atoms with van der Waals surface area (Å²) in [5, 5.41) is 13.8. The molecule has 5 heteroatoms. The first kappa shape index (κ1) is 16.2. The number of anilines is 1. The maximum atomic E-state index is 11.7. The van der Waals surface area contributed by atoms with Gasteiger partial charge in [-0.1, -0.05) is 30.3 Å². The Kier molecular flexibility index (Phi) is 5.89. The van der Waals surface area contributed by atoms with Gasteiger partial charge in [-0.2, -0.15) is 5.26 Å². The van der Waals surface area contributed by atoms with Gasteiger partial charge < -0.3 is 10.6 Å². The van der Waals surface area contributed by atoms with E-state index in [0.717, 1.165) is 12.8 Å². The van der Waals surface area contributed by atoms with E-state index in [2.05, 4.69) is 10.6 Å². The molecule has 0 radical (unpaired) electrons. The third-order valence-electron chi connectivity index (χ3n) is 3.25. The SMILES string of the molecule is N#Cc1ccc(NC(=O)C(=O)NCCCc2ccccc2)cc1. The van der Waals surface area contributed by atoms with Crippen LogP contribution in [0.4, 0.5) is 5.69 Å². The minimum absolute atomic E-state index is 0.439. The molecular weight excluding hydrogens is 290 g/mol. The summed E-state index contributed by atoms with van der Waals surface area (Å²) in [5.41, 5.74) is 2.17. The fourth-order valence-electron chi connectivity index (χ4n) is 2.04. The number of carbonyl (C=O) groups is 2. The molecular formula is C18H17N3O2. The highest BCUT2D eigenvalue weighted by atomic mass is 16.2. The Hall–Kier alpha value is -3.13. The van der Waals surface area contributed by atoms with E-state index in [1.165, 1.54) is 5.56 Å². The van der Waals surface area contributed by atoms with Crippen molar-refractivity contribution in [1.29, 1.82) is 5.26 Å². The van der Waals surface area contributed by atoms with Crippen molar-refractivity contribution in [2.75, 3.05) is 11.9 Å². The number of benzene rings is 2. The second-order valence-electron chi connectivity index (χ2n) is 4.99. The van der Waals surface area contributed by atoms with Gasteiger partial charge in [-0.3, -0.25) is 9.59 Å². The first-order valence-electron chi connectivity index (χ1n) is 7.32. The van der Waals surface area contributed by atoms with Gasteiger partial charge in [-0.05, 0) is 42.7 Å². The molecule has 0 unspecified atom stereocenters. The quantitative estimate of drug-likeness (QED) is 0.656. The molecule has 0 bridgehead atoms. The second-order valence-corrected chi connectivity index (χ2v) is 4.99. The number of carbonyl (C=O) groups excluding carboxylic acids is 2. The smallest absolute Gasteiger partial charge is 0.313 e. The number of nitrogens with one attached hydrogen (secondary N) is 2. The lowest BCUT2D eigenvalue weighted by atomic mass is 10.1. The minimum Gasteiger partial charge on any atom is -0.348 e. The lowest BCUT2D eigenvalue weighted by molar-refractivity contribution is -0.136. The van der Waals surface area contributed by atoms with Crippen LogP contribution in [-0.4, -0.2) is 18.4 Å². The molecule has 2 amide bonds. The van der Waals surface area contributed by atoms with Crippen molar-refractivity contribution in [2.45, 2.75) is 12.8 Å². The zero-order chi connectivity index (χ0) is 16.5. The summed E-state index contributed by atoms with van der Waals surface area (Å²) >= 11 is 0. The van der Waals surface area contributed by atoms with Crippen LogP contribution < -0.4 is 10.6 Å².